The summed E-state index contributed by atoms with van der Waals surface area (Å²) < 4.78 is 0. The fourth-order valence-electron chi connectivity index (χ4n) is 1.53. The molecule has 82 valence electrons. The second-order valence-electron chi connectivity index (χ2n) is 3.66. The molecule has 0 fully saturated rings. The van der Waals surface area contributed by atoms with Crippen LogP contribution in [-0.2, 0) is 4.79 Å². The molecule has 16 heavy (non-hydrogen) atoms. The fraction of sp³-hybridized carbons (Fsp3) is 0.182. The van der Waals surface area contributed by atoms with Crippen molar-refractivity contribution in [2.75, 3.05) is 5.73 Å². The number of hydrogen-bond acceptors (Lipinski definition) is 4. The molecule has 5 nitrogen and oxygen atoms in total. The fourth-order valence-corrected chi connectivity index (χ4v) is 1.53. The van der Waals surface area contributed by atoms with Crippen LogP contribution >= 0.6 is 0 Å². The highest BCUT2D eigenvalue weighted by atomic mass is 16.1. The van der Waals surface area contributed by atoms with Crippen molar-refractivity contribution in [1.82, 2.24) is 9.97 Å². The number of imidazole rings is 1. The molecule has 1 aromatic carbocycles. The molecule has 0 aliphatic carbocycles. The zero-order chi connectivity index (χ0) is 11.7. The molecular formula is C11H11N3O2. The molecule has 2 aromatic rings. The number of nitrogens with two attached hydrogens (primary N) is 1. The van der Waals surface area contributed by atoms with E-state index in [1.54, 1.807) is 18.2 Å². The minimum atomic E-state index is -0.192. The molecule has 0 aliphatic heterocycles. The molecule has 0 bridgehead atoms. The van der Waals surface area contributed by atoms with Gasteiger partial charge in [0.25, 0.3) is 0 Å². The van der Waals surface area contributed by atoms with Gasteiger partial charge >= 0.3 is 0 Å². The first-order chi connectivity index (χ1) is 7.56. The maximum Gasteiger partial charge on any atom is 0.198 e. The maximum absolute atomic E-state index is 11.6. The predicted molar refractivity (Wildman–Crippen MR) is 60.1 cm³/mol. The van der Waals surface area contributed by atoms with Crippen molar-refractivity contribution in [3.05, 3.63) is 23.8 Å². The van der Waals surface area contributed by atoms with Crippen molar-refractivity contribution in [3.8, 4) is 0 Å². The normalized spacial score (nSPS) is 10.6. The molecule has 0 saturated carbocycles. The second kappa shape index (κ2) is 3.77. The number of aromatic amines is 1. The van der Waals surface area contributed by atoms with Gasteiger partial charge in [-0.1, -0.05) is 0 Å². The average Bonchev–Trinajstić information content (AvgIpc) is 2.55. The van der Waals surface area contributed by atoms with Gasteiger partial charge in [-0.3, -0.25) is 9.59 Å². The molecule has 1 aromatic heterocycles. The topological polar surface area (TPSA) is 88.8 Å². The van der Waals surface area contributed by atoms with Gasteiger partial charge in [0.15, 0.2) is 11.7 Å². The van der Waals surface area contributed by atoms with Crippen molar-refractivity contribution in [3.63, 3.8) is 0 Å². The van der Waals surface area contributed by atoms with Crippen molar-refractivity contribution < 1.29 is 9.59 Å². The molecule has 3 N–H and O–H groups in total. The monoisotopic (exact) mass is 217 g/mol. The second-order valence-corrected chi connectivity index (χ2v) is 3.66. The summed E-state index contributed by atoms with van der Waals surface area (Å²) in [4.78, 5) is 29.3. The SMILES string of the molecule is CC(=O)CC(=O)c1ccc2nc(N)[nH]c2c1. The van der Waals surface area contributed by atoms with E-state index >= 15 is 0 Å². The third-order valence-electron chi connectivity index (χ3n) is 2.23. The minimum Gasteiger partial charge on any atom is -0.369 e. The van der Waals surface area contributed by atoms with Gasteiger partial charge < -0.3 is 10.7 Å². The third-order valence-corrected chi connectivity index (χ3v) is 2.23. The number of fused-ring (bicyclic) bond motifs is 1. The number of hydrogen-bond donors (Lipinski definition) is 2. The van der Waals surface area contributed by atoms with Gasteiger partial charge in [0.1, 0.15) is 5.78 Å². The van der Waals surface area contributed by atoms with E-state index in [-0.39, 0.29) is 18.0 Å². The molecule has 0 radical (unpaired) electrons. The Hall–Kier alpha value is -2.17. The number of nitrogens with zero attached hydrogens (tertiary/aromatic N) is 1. The van der Waals surface area contributed by atoms with Crippen LogP contribution in [0.3, 0.4) is 0 Å². The summed E-state index contributed by atoms with van der Waals surface area (Å²) in [5, 5.41) is 0. The first kappa shape index (κ1) is 10.4. The minimum absolute atomic E-state index is 0.0743. The van der Waals surface area contributed by atoms with Crippen LogP contribution in [0.1, 0.15) is 23.7 Å². The summed E-state index contributed by atoms with van der Waals surface area (Å²) in [6.45, 7) is 1.39. The average molecular weight is 217 g/mol. The Kier molecular flexibility index (Phi) is 2.44. The van der Waals surface area contributed by atoms with Gasteiger partial charge in [-0.2, -0.15) is 0 Å². The standard InChI is InChI=1S/C11H11N3O2/c1-6(15)4-10(16)7-2-3-8-9(5-7)14-11(12)13-8/h2-3,5H,4H2,1H3,(H3,12,13,14). The van der Waals surface area contributed by atoms with Gasteiger partial charge in [-0.25, -0.2) is 4.98 Å². The van der Waals surface area contributed by atoms with Gasteiger partial charge in [0.2, 0.25) is 0 Å². The number of H-pyrrole nitrogens is 1. The van der Waals surface area contributed by atoms with Crippen molar-refractivity contribution >= 4 is 28.5 Å². The highest BCUT2D eigenvalue weighted by Crippen LogP contribution is 2.15. The Morgan fingerprint density at radius 1 is 1.44 bits per heavy atom. The molecule has 0 atom stereocenters. The summed E-state index contributed by atoms with van der Waals surface area (Å²) in [7, 11) is 0. The maximum atomic E-state index is 11.6. The van der Waals surface area contributed by atoms with Crippen LogP contribution in [0.25, 0.3) is 11.0 Å². The van der Waals surface area contributed by atoms with E-state index in [4.69, 9.17) is 5.73 Å². The van der Waals surface area contributed by atoms with Crippen LogP contribution < -0.4 is 5.73 Å². The summed E-state index contributed by atoms with van der Waals surface area (Å²) in [5.74, 6) is -0.0250. The molecular weight excluding hydrogens is 206 g/mol. The van der Waals surface area contributed by atoms with Crippen LogP contribution in [0.5, 0.6) is 0 Å². The number of ketones is 2. The number of nitrogen functional groups attached to an aromatic ring is 1. The number of carbonyl (C=O) groups excluding carboxylic acids is 2. The van der Waals surface area contributed by atoms with E-state index in [1.807, 2.05) is 0 Å². The Balaban J connectivity index is 2.38. The van der Waals surface area contributed by atoms with Crippen LogP contribution in [0, 0.1) is 0 Å². The Morgan fingerprint density at radius 2 is 2.19 bits per heavy atom. The van der Waals surface area contributed by atoms with E-state index in [1.165, 1.54) is 6.92 Å². The van der Waals surface area contributed by atoms with Crippen molar-refractivity contribution in [2.24, 2.45) is 0 Å². The van der Waals surface area contributed by atoms with Gasteiger partial charge in [-0.05, 0) is 25.1 Å². The number of aromatic nitrogens is 2. The first-order valence-electron chi connectivity index (χ1n) is 4.84. The smallest absolute Gasteiger partial charge is 0.198 e. The van der Waals surface area contributed by atoms with Gasteiger partial charge in [0, 0.05) is 5.56 Å². The summed E-state index contributed by atoms with van der Waals surface area (Å²) in [6.07, 6.45) is -0.0743. The highest BCUT2D eigenvalue weighted by Gasteiger charge is 2.10. The third kappa shape index (κ3) is 1.93. The largest absolute Gasteiger partial charge is 0.369 e. The quantitative estimate of drug-likeness (QED) is 0.599. The Labute approximate surface area is 91.7 Å². The lowest BCUT2D eigenvalue weighted by Gasteiger charge is -1.97. The number of anilines is 1. The molecule has 0 unspecified atom stereocenters. The van der Waals surface area contributed by atoms with Crippen LogP contribution in [0.15, 0.2) is 18.2 Å². The van der Waals surface area contributed by atoms with E-state index in [0.717, 1.165) is 0 Å². The van der Waals surface area contributed by atoms with Crippen LogP contribution in [0.4, 0.5) is 5.95 Å². The predicted octanol–water partition coefficient (Wildman–Crippen LogP) is 1.31. The lowest BCUT2D eigenvalue weighted by atomic mass is 10.1. The van der Waals surface area contributed by atoms with E-state index in [2.05, 4.69) is 9.97 Å². The number of rotatable bonds is 3. The number of carbonyl (C=O) groups is 2. The Morgan fingerprint density at radius 3 is 2.88 bits per heavy atom. The highest BCUT2D eigenvalue weighted by molar-refractivity contribution is 6.08. The number of benzene rings is 1. The van der Waals surface area contributed by atoms with Crippen molar-refractivity contribution in [2.45, 2.75) is 13.3 Å². The molecule has 1 heterocycles. The van der Waals surface area contributed by atoms with Gasteiger partial charge in [0.05, 0.1) is 17.5 Å². The van der Waals surface area contributed by atoms with E-state index in [9.17, 15) is 9.59 Å². The summed E-state index contributed by atoms with van der Waals surface area (Å²) in [5.41, 5.74) is 7.39. The lowest BCUT2D eigenvalue weighted by molar-refractivity contribution is -0.116. The lowest BCUT2D eigenvalue weighted by Crippen LogP contribution is -2.04. The molecule has 0 amide bonds. The van der Waals surface area contributed by atoms with E-state index < -0.39 is 0 Å². The number of nitrogens with one attached hydrogen (secondary N) is 1. The van der Waals surface area contributed by atoms with Crippen LogP contribution in [-0.4, -0.2) is 21.5 Å². The zero-order valence-corrected chi connectivity index (χ0v) is 8.78. The number of Topliss-reactive ketones (excluding diaryl/α,β-unsaturated/α-hetero) is 2. The first-order valence-corrected chi connectivity index (χ1v) is 4.84. The van der Waals surface area contributed by atoms with E-state index in [0.29, 0.717) is 22.5 Å². The zero-order valence-electron chi connectivity index (χ0n) is 8.78. The van der Waals surface area contributed by atoms with Gasteiger partial charge in [-0.15, -0.1) is 0 Å². The molecule has 5 heteroatoms. The summed E-state index contributed by atoms with van der Waals surface area (Å²) >= 11 is 0. The van der Waals surface area contributed by atoms with Crippen LogP contribution in [0.2, 0.25) is 0 Å². The molecule has 0 spiro atoms. The summed E-state index contributed by atoms with van der Waals surface area (Å²) in [6, 6.07) is 5.01. The Bertz CT molecular complexity index is 572. The molecule has 2 rings (SSSR count). The van der Waals surface area contributed by atoms with Crippen molar-refractivity contribution in [1.29, 1.82) is 0 Å². The molecule has 0 aliphatic rings. The molecule has 0 saturated heterocycles.